The van der Waals surface area contributed by atoms with Gasteiger partial charge in [0, 0.05) is 11.8 Å². The molecule has 1 atom stereocenters. The van der Waals surface area contributed by atoms with Crippen molar-refractivity contribution in [3.63, 3.8) is 0 Å². The van der Waals surface area contributed by atoms with Crippen molar-refractivity contribution in [3.05, 3.63) is 48.7 Å². The molecular weight excluding hydrogens is 254 g/mol. The van der Waals surface area contributed by atoms with Crippen LogP contribution in [0.25, 0.3) is 11.3 Å². The second-order valence-electron chi connectivity index (χ2n) is 4.45. The van der Waals surface area contributed by atoms with Crippen LogP contribution >= 0.6 is 0 Å². The zero-order valence-corrected chi connectivity index (χ0v) is 11.2. The standard InChI is InChI=1S/C15H17N3O2/c1-11(10-19)17-15(20)18-13-8-5-9-16-14(13)12-6-3-2-4-7-12/h2-9,11,19H,10H2,1H3,(H2,17,18,20)/t11-/m0/s1. The van der Waals surface area contributed by atoms with Gasteiger partial charge in [-0.05, 0) is 19.1 Å². The Morgan fingerprint density at radius 2 is 2.00 bits per heavy atom. The van der Waals surface area contributed by atoms with Crippen molar-refractivity contribution in [2.75, 3.05) is 11.9 Å². The number of hydrogen-bond acceptors (Lipinski definition) is 3. The van der Waals surface area contributed by atoms with Gasteiger partial charge in [-0.2, -0.15) is 0 Å². The number of urea groups is 1. The van der Waals surface area contributed by atoms with Gasteiger partial charge < -0.3 is 15.7 Å². The van der Waals surface area contributed by atoms with E-state index in [0.717, 1.165) is 5.56 Å². The smallest absolute Gasteiger partial charge is 0.319 e. The van der Waals surface area contributed by atoms with Crippen molar-refractivity contribution in [1.29, 1.82) is 0 Å². The molecule has 5 heteroatoms. The molecule has 0 aliphatic rings. The van der Waals surface area contributed by atoms with Crippen molar-refractivity contribution in [1.82, 2.24) is 10.3 Å². The number of rotatable bonds is 4. The molecular formula is C15H17N3O2. The van der Waals surface area contributed by atoms with Crippen LogP contribution in [-0.2, 0) is 0 Å². The van der Waals surface area contributed by atoms with E-state index in [0.29, 0.717) is 11.4 Å². The third kappa shape index (κ3) is 3.55. The van der Waals surface area contributed by atoms with Crippen LogP contribution in [0.4, 0.5) is 10.5 Å². The minimum atomic E-state index is -0.364. The molecule has 2 amide bonds. The zero-order chi connectivity index (χ0) is 14.4. The third-order valence-electron chi connectivity index (χ3n) is 2.75. The van der Waals surface area contributed by atoms with Crippen LogP contribution < -0.4 is 10.6 Å². The van der Waals surface area contributed by atoms with Crippen LogP contribution in [0.2, 0.25) is 0 Å². The first-order valence-electron chi connectivity index (χ1n) is 6.39. The Labute approximate surface area is 117 Å². The van der Waals surface area contributed by atoms with Crippen molar-refractivity contribution in [2.24, 2.45) is 0 Å². The van der Waals surface area contributed by atoms with E-state index in [1.54, 1.807) is 25.3 Å². The van der Waals surface area contributed by atoms with E-state index in [2.05, 4.69) is 15.6 Å². The number of aliphatic hydroxyl groups is 1. The summed E-state index contributed by atoms with van der Waals surface area (Å²) in [5.41, 5.74) is 2.26. The number of aromatic nitrogens is 1. The SMILES string of the molecule is C[C@@H](CO)NC(=O)Nc1cccnc1-c1ccccc1. The van der Waals surface area contributed by atoms with Crippen molar-refractivity contribution in [2.45, 2.75) is 13.0 Å². The van der Waals surface area contributed by atoms with E-state index >= 15 is 0 Å². The topological polar surface area (TPSA) is 74.2 Å². The van der Waals surface area contributed by atoms with Crippen LogP contribution in [0.1, 0.15) is 6.92 Å². The summed E-state index contributed by atoms with van der Waals surface area (Å²) in [6.07, 6.45) is 1.68. The molecule has 0 bridgehead atoms. The largest absolute Gasteiger partial charge is 0.394 e. The lowest BCUT2D eigenvalue weighted by Gasteiger charge is -2.14. The molecule has 2 rings (SSSR count). The lowest BCUT2D eigenvalue weighted by atomic mass is 10.1. The monoisotopic (exact) mass is 271 g/mol. The second kappa shape index (κ2) is 6.68. The summed E-state index contributed by atoms with van der Waals surface area (Å²) in [6, 6.07) is 12.5. The van der Waals surface area contributed by atoms with E-state index in [4.69, 9.17) is 5.11 Å². The van der Waals surface area contributed by atoms with E-state index in [1.165, 1.54) is 0 Å². The molecule has 2 aromatic rings. The fourth-order valence-corrected chi connectivity index (χ4v) is 1.76. The first kappa shape index (κ1) is 14.0. The van der Waals surface area contributed by atoms with Gasteiger partial charge in [0.05, 0.1) is 24.0 Å². The molecule has 0 spiro atoms. The molecule has 1 aromatic carbocycles. The Morgan fingerprint density at radius 1 is 1.25 bits per heavy atom. The highest BCUT2D eigenvalue weighted by Crippen LogP contribution is 2.24. The highest BCUT2D eigenvalue weighted by atomic mass is 16.3. The van der Waals surface area contributed by atoms with Gasteiger partial charge in [-0.15, -0.1) is 0 Å². The maximum absolute atomic E-state index is 11.8. The van der Waals surface area contributed by atoms with Crippen LogP contribution in [0, 0.1) is 0 Å². The summed E-state index contributed by atoms with van der Waals surface area (Å²) in [5, 5.41) is 14.3. The maximum Gasteiger partial charge on any atom is 0.319 e. The van der Waals surface area contributed by atoms with Gasteiger partial charge in [-0.1, -0.05) is 30.3 Å². The summed E-state index contributed by atoms with van der Waals surface area (Å²) in [6.45, 7) is 1.62. The predicted molar refractivity (Wildman–Crippen MR) is 78.4 cm³/mol. The quantitative estimate of drug-likeness (QED) is 0.798. The number of benzene rings is 1. The first-order valence-corrected chi connectivity index (χ1v) is 6.39. The molecule has 0 radical (unpaired) electrons. The molecule has 3 N–H and O–H groups in total. The van der Waals surface area contributed by atoms with E-state index in [1.807, 2.05) is 30.3 Å². The summed E-state index contributed by atoms with van der Waals surface area (Å²) in [7, 11) is 0. The molecule has 0 saturated heterocycles. The van der Waals surface area contributed by atoms with Gasteiger partial charge in [-0.3, -0.25) is 4.98 Å². The lowest BCUT2D eigenvalue weighted by Crippen LogP contribution is -2.38. The zero-order valence-electron chi connectivity index (χ0n) is 11.2. The Bertz CT molecular complexity index is 572. The highest BCUT2D eigenvalue weighted by Gasteiger charge is 2.10. The minimum absolute atomic E-state index is 0.105. The number of aliphatic hydroxyl groups excluding tert-OH is 1. The molecule has 5 nitrogen and oxygen atoms in total. The summed E-state index contributed by atoms with van der Waals surface area (Å²) in [5.74, 6) is 0. The average molecular weight is 271 g/mol. The summed E-state index contributed by atoms with van der Waals surface area (Å²) >= 11 is 0. The maximum atomic E-state index is 11.8. The predicted octanol–water partition coefficient (Wildman–Crippen LogP) is 2.25. The van der Waals surface area contributed by atoms with E-state index in [9.17, 15) is 4.79 Å². The number of hydrogen-bond donors (Lipinski definition) is 3. The first-order chi connectivity index (χ1) is 9.70. The number of amides is 2. The minimum Gasteiger partial charge on any atom is -0.394 e. The Morgan fingerprint density at radius 3 is 2.70 bits per heavy atom. The van der Waals surface area contributed by atoms with E-state index < -0.39 is 0 Å². The fourth-order valence-electron chi connectivity index (χ4n) is 1.76. The van der Waals surface area contributed by atoms with Crippen LogP contribution in [-0.4, -0.2) is 28.8 Å². The molecule has 104 valence electrons. The summed E-state index contributed by atoms with van der Waals surface area (Å²) < 4.78 is 0. The molecule has 1 aromatic heterocycles. The van der Waals surface area contributed by atoms with Gasteiger partial charge in [-0.25, -0.2) is 4.79 Å². The molecule has 1 heterocycles. The summed E-state index contributed by atoms with van der Waals surface area (Å²) in [4.78, 5) is 16.1. The van der Waals surface area contributed by atoms with Gasteiger partial charge in [0.2, 0.25) is 0 Å². The fraction of sp³-hybridized carbons (Fsp3) is 0.200. The molecule has 0 aliphatic heterocycles. The van der Waals surface area contributed by atoms with E-state index in [-0.39, 0.29) is 18.7 Å². The Kier molecular flexibility index (Phi) is 4.68. The van der Waals surface area contributed by atoms with Crippen LogP contribution in [0.3, 0.4) is 0 Å². The lowest BCUT2D eigenvalue weighted by molar-refractivity contribution is 0.229. The second-order valence-corrected chi connectivity index (χ2v) is 4.45. The Balaban J connectivity index is 2.19. The molecule has 0 fully saturated rings. The number of anilines is 1. The number of nitrogens with one attached hydrogen (secondary N) is 2. The van der Waals surface area contributed by atoms with Gasteiger partial charge in [0.1, 0.15) is 0 Å². The molecule has 0 unspecified atom stereocenters. The van der Waals surface area contributed by atoms with Crippen molar-refractivity contribution < 1.29 is 9.90 Å². The number of pyridine rings is 1. The number of carbonyl (C=O) groups is 1. The van der Waals surface area contributed by atoms with Gasteiger partial charge in [0.25, 0.3) is 0 Å². The Hall–Kier alpha value is -2.40. The van der Waals surface area contributed by atoms with Gasteiger partial charge in [0.15, 0.2) is 0 Å². The van der Waals surface area contributed by atoms with Gasteiger partial charge >= 0.3 is 6.03 Å². The molecule has 0 aliphatic carbocycles. The molecule has 20 heavy (non-hydrogen) atoms. The van der Waals surface area contributed by atoms with Crippen LogP contribution in [0.5, 0.6) is 0 Å². The number of carbonyl (C=O) groups excluding carboxylic acids is 1. The highest BCUT2D eigenvalue weighted by molar-refractivity contribution is 5.93. The number of nitrogens with zero attached hydrogens (tertiary/aromatic N) is 1. The normalized spacial score (nSPS) is 11.7. The van der Waals surface area contributed by atoms with Crippen molar-refractivity contribution in [3.8, 4) is 11.3 Å². The van der Waals surface area contributed by atoms with Crippen molar-refractivity contribution >= 4 is 11.7 Å². The average Bonchev–Trinajstić information content (AvgIpc) is 2.48. The van der Waals surface area contributed by atoms with Crippen LogP contribution in [0.15, 0.2) is 48.7 Å². The molecule has 0 saturated carbocycles. The third-order valence-corrected chi connectivity index (χ3v) is 2.75.